The van der Waals surface area contributed by atoms with Gasteiger partial charge in [0, 0.05) is 22.3 Å². The van der Waals surface area contributed by atoms with E-state index < -0.39 is 0 Å². The first kappa shape index (κ1) is 12.2. The first-order valence-electron chi connectivity index (χ1n) is 5.69. The Hall–Kier alpha value is -1.22. The molecular formula is C14H15BrN2. The summed E-state index contributed by atoms with van der Waals surface area (Å²) in [6, 6.07) is 10.4. The van der Waals surface area contributed by atoms with Crippen molar-refractivity contribution in [2.75, 3.05) is 0 Å². The zero-order chi connectivity index (χ0) is 12.3. The maximum Gasteiger partial charge on any atom is 0.129 e. The summed E-state index contributed by atoms with van der Waals surface area (Å²) in [5.41, 5.74) is 3.39. The van der Waals surface area contributed by atoms with E-state index >= 15 is 0 Å². The molecule has 0 atom stereocenters. The molecule has 0 N–H and O–H groups in total. The average Bonchev–Trinajstić information content (AvgIpc) is 2.25. The van der Waals surface area contributed by atoms with E-state index in [0.29, 0.717) is 0 Å². The summed E-state index contributed by atoms with van der Waals surface area (Å²) >= 11 is 3.48. The van der Waals surface area contributed by atoms with Crippen molar-refractivity contribution in [2.45, 2.75) is 26.7 Å². The third-order valence-corrected chi connectivity index (χ3v) is 3.05. The van der Waals surface area contributed by atoms with Gasteiger partial charge in [0.25, 0.3) is 0 Å². The molecule has 2 aromatic rings. The van der Waals surface area contributed by atoms with E-state index in [1.54, 1.807) is 0 Å². The molecule has 0 fully saturated rings. The van der Waals surface area contributed by atoms with E-state index in [4.69, 9.17) is 0 Å². The minimum atomic E-state index is 0.888. The molecule has 0 spiro atoms. The molecule has 0 saturated carbocycles. The molecule has 0 unspecified atom stereocenters. The molecule has 0 aliphatic rings. The molecule has 1 aromatic heterocycles. The fourth-order valence-electron chi connectivity index (χ4n) is 1.86. The normalized spacial score (nSPS) is 10.5. The Kier molecular flexibility index (Phi) is 3.89. The Bertz CT molecular complexity index is 503. The smallest absolute Gasteiger partial charge is 0.129 e. The zero-order valence-electron chi connectivity index (χ0n) is 10.1. The molecule has 1 aromatic carbocycles. The monoisotopic (exact) mass is 290 g/mol. The van der Waals surface area contributed by atoms with Crippen LogP contribution in [0.4, 0.5) is 0 Å². The summed E-state index contributed by atoms with van der Waals surface area (Å²) in [5, 5.41) is 0. The topological polar surface area (TPSA) is 25.8 Å². The van der Waals surface area contributed by atoms with Gasteiger partial charge in [-0.1, -0.05) is 28.1 Å². The molecule has 0 aliphatic carbocycles. The minimum absolute atomic E-state index is 0.888. The van der Waals surface area contributed by atoms with Crippen molar-refractivity contribution in [3.63, 3.8) is 0 Å². The number of rotatable bonds is 3. The van der Waals surface area contributed by atoms with Gasteiger partial charge in [0.15, 0.2) is 0 Å². The summed E-state index contributed by atoms with van der Waals surface area (Å²) in [7, 11) is 0. The van der Waals surface area contributed by atoms with E-state index in [1.165, 1.54) is 5.56 Å². The van der Waals surface area contributed by atoms with Crippen molar-refractivity contribution >= 4 is 15.9 Å². The van der Waals surface area contributed by atoms with E-state index in [-0.39, 0.29) is 0 Å². The van der Waals surface area contributed by atoms with Gasteiger partial charge in [-0.25, -0.2) is 9.97 Å². The van der Waals surface area contributed by atoms with Gasteiger partial charge in [0.05, 0.1) is 0 Å². The van der Waals surface area contributed by atoms with Crippen molar-refractivity contribution in [3.8, 4) is 0 Å². The lowest BCUT2D eigenvalue weighted by molar-refractivity contribution is 0.834. The highest BCUT2D eigenvalue weighted by Gasteiger charge is 2.01. The highest BCUT2D eigenvalue weighted by Crippen LogP contribution is 2.13. The number of hydrogen-bond donors (Lipinski definition) is 0. The molecule has 0 radical (unpaired) electrons. The van der Waals surface area contributed by atoms with Crippen LogP contribution in [0.5, 0.6) is 0 Å². The van der Waals surface area contributed by atoms with Gasteiger partial charge in [0.2, 0.25) is 0 Å². The fourth-order valence-corrected chi connectivity index (χ4v) is 2.31. The Morgan fingerprint density at radius 1 is 1.00 bits per heavy atom. The lowest BCUT2D eigenvalue weighted by atomic mass is 10.1. The maximum atomic E-state index is 4.45. The summed E-state index contributed by atoms with van der Waals surface area (Å²) in [6.07, 6.45) is 1.86. The fraction of sp³-hybridized carbons (Fsp3) is 0.286. The Morgan fingerprint density at radius 2 is 1.71 bits per heavy atom. The molecule has 1 heterocycles. The third kappa shape index (κ3) is 3.63. The standard InChI is InChI=1S/C14H15BrN2/c1-10-8-11(2)17-14(16-10)7-6-12-4-3-5-13(15)9-12/h3-5,8-9H,6-7H2,1-2H3. The average molecular weight is 291 g/mol. The molecule has 17 heavy (non-hydrogen) atoms. The molecule has 88 valence electrons. The third-order valence-electron chi connectivity index (χ3n) is 2.55. The van der Waals surface area contributed by atoms with Gasteiger partial charge in [-0.3, -0.25) is 0 Å². The number of aryl methyl sites for hydroxylation is 4. The van der Waals surface area contributed by atoms with Gasteiger partial charge in [-0.15, -0.1) is 0 Å². The molecule has 0 saturated heterocycles. The largest absolute Gasteiger partial charge is 0.238 e. The number of nitrogens with zero attached hydrogens (tertiary/aromatic N) is 2. The number of benzene rings is 1. The van der Waals surface area contributed by atoms with Gasteiger partial charge in [-0.05, 0) is 44.0 Å². The maximum absolute atomic E-state index is 4.45. The summed E-state index contributed by atoms with van der Waals surface area (Å²) in [6.45, 7) is 4.02. The SMILES string of the molecule is Cc1cc(C)nc(CCc2cccc(Br)c2)n1. The predicted octanol–water partition coefficient (Wildman–Crippen LogP) is 3.64. The van der Waals surface area contributed by atoms with Gasteiger partial charge in [-0.2, -0.15) is 0 Å². The van der Waals surface area contributed by atoms with E-state index in [2.05, 4.69) is 44.1 Å². The number of hydrogen-bond acceptors (Lipinski definition) is 2. The molecule has 3 heteroatoms. The van der Waals surface area contributed by atoms with Crippen molar-refractivity contribution in [1.82, 2.24) is 9.97 Å². The van der Waals surface area contributed by atoms with E-state index in [1.807, 2.05) is 26.0 Å². The predicted molar refractivity (Wildman–Crippen MR) is 73.1 cm³/mol. The van der Waals surface area contributed by atoms with E-state index in [0.717, 1.165) is 34.5 Å². The Balaban J connectivity index is 2.07. The first-order chi connectivity index (χ1) is 8.13. The molecule has 2 rings (SSSR count). The second kappa shape index (κ2) is 5.41. The first-order valence-corrected chi connectivity index (χ1v) is 6.48. The highest BCUT2D eigenvalue weighted by atomic mass is 79.9. The Labute approximate surface area is 110 Å². The molecule has 0 amide bonds. The number of aromatic nitrogens is 2. The van der Waals surface area contributed by atoms with Crippen LogP contribution in [0, 0.1) is 13.8 Å². The molecule has 0 aliphatic heterocycles. The van der Waals surface area contributed by atoms with Crippen molar-refractivity contribution in [2.24, 2.45) is 0 Å². The zero-order valence-corrected chi connectivity index (χ0v) is 11.7. The summed E-state index contributed by atoms with van der Waals surface area (Å²) in [5.74, 6) is 0.933. The van der Waals surface area contributed by atoms with Crippen molar-refractivity contribution in [3.05, 3.63) is 57.6 Å². The van der Waals surface area contributed by atoms with Gasteiger partial charge in [0.1, 0.15) is 5.82 Å². The summed E-state index contributed by atoms with van der Waals surface area (Å²) < 4.78 is 1.12. The van der Waals surface area contributed by atoms with Crippen LogP contribution < -0.4 is 0 Å². The molecular weight excluding hydrogens is 276 g/mol. The van der Waals surface area contributed by atoms with Gasteiger partial charge < -0.3 is 0 Å². The Morgan fingerprint density at radius 3 is 2.35 bits per heavy atom. The quantitative estimate of drug-likeness (QED) is 0.862. The number of halogens is 1. The van der Waals surface area contributed by atoms with Crippen LogP contribution >= 0.6 is 15.9 Å². The van der Waals surface area contributed by atoms with Crippen LogP contribution in [0.15, 0.2) is 34.8 Å². The van der Waals surface area contributed by atoms with Crippen LogP contribution in [0.1, 0.15) is 22.8 Å². The second-order valence-electron chi connectivity index (χ2n) is 4.20. The van der Waals surface area contributed by atoms with E-state index in [9.17, 15) is 0 Å². The van der Waals surface area contributed by atoms with Crippen LogP contribution in [-0.2, 0) is 12.8 Å². The van der Waals surface area contributed by atoms with Crippen LogP contribution in [0.25, 0.3) is 0 Å². The molecule has 0 bridgehead atoms. The van der Waals surface area contributed by atoms with Crippen LogP contribution in [-0.4, -0.2) is 9.97 Å². The van der Waals surface area contributed by atoms with Crippen LogP contribution in [0.3, 0.4) is 0 Å². The summed E-state index contributed by atoms with van der Waals surface area (Å²) in [4.78, 5) is 8.90. The van der Waals surface area contributed by atoms with Crippen LogP contribution in [0.2, 0.25) is 0 Å². The lowest BCUT2D eigenvalue weighted by Gasteiger charge is -2.04. The highest BCUT2D eigenvalue weighted by molar-refractivity contribution is 9.10. The second-order valence-corrected chi connectivity index (χ2v) is 5.11. The minimum Gasteiger partial charge on any atom is -0.238 e. The van der Waals surface area contributed by atoms with Gasteiger partial charge >= 0.3 is 0 Å². The lowest BCUT2D eigenvalue weighted by Crippen LogP contribution is -2.01. The van der Waals surface area contributed by atoms with Crippen molar-refractivity contribution in [1.29, 1.82) is 0 Å². The van der Waals surface area contributed by atoms with Crippen molar-refractivity contribution < 1.29 is 0 Å². The molecule has 2 nitrogen and oxygen atoms in total.